The Morgan fingerprint density at radius 1 is 0.511 bits per heavy atom. The number of urea groups is 1. The summed E-state index contributed by atoms with van der Waals surface area (Å²) in [6.07, 6.45) is -38.8. The molecule has 41 nitrogen and oxygen atoms in total. The van der Waals surface area contributed by atoms with E-state index >= 15 is 0 Å². The van der Waals surface area contributed by atoms with Crippen LogP contribution in [0.1, 0.15) is 41.5 Å². The number of cyclic esters (lactones) is 1. The predicted octanol–water partition coefficient (Wildman–Crippen LogP) is -10.7. The Morgan fingerprint density at radius 3 is 1.27 bits per heavy atom. The Kier molecular flexibility index (Phi) is 32.0. The van der Waals surface area contributed by atoms with Crippen LogP contribution in [-0.2, 0) is 80.8 Å². The number of nitrogens with zero attached hydrogens (tertiary/aromatic N) is 5. The number of rotatable bonds is 21. The molecule has 16 N–H and O–H groups in total. The summed E-state index contributed by atoms with van der Waals surface area (Å²) in [5.74, 6) is -2.67. The van der Waals surface area contributed by atoms with Crippen molar-refractivity contribution < 1.29 is 171 Å². The summed E-state index contributed by atoms with van der Waals surface area (Å²) in [6, 6.07) is -1.12. The molecular formula is C52H85N6NaO35. The molecule has 7 heterocycles. The van der Waals surface area contributed by atoms with Gasteiger partial charge in [0.25, 0.3) is 5.91 Å². The Balaban J connectivity index is 0.000000342. The van der Waals surface area contributed by atoms with Crippen molar-refractivity contribution in [1.29, 1.82) is 0 Å². The summed E-state index contributed by atoms with van der Waals surface area (Å²) in [7, 11) is 0. The molecule has 0 aromatic carbocycles. The molecule has 0 spiro atoms. The van der Waals surface area contributed by atoms with Crippen LogP contribution in [0, 0.1) is 11.8 Å². The number of hydrogen-bond acceptors (Lipinski definition) is 37. The first-order valence-electron chi connectivity index (χ1n) is 29.0. The number of aliphatic hydroxyl groups excluding tert-OH is 14. The van der Waals surface area contributed by atoms with E-state index in [1.807, 2.05) is 27.7 Å². The monoisotopic (exact) mass is 1380 g/mol. The van der Waals surface area contributed by atoms with E-state index in [1.165, 1.54) is 13.8 Å². The van der Waals surface area contributed by atoms with Gasteiger partial charge in [-0.25, -0.2) is 29.0 Å². The number of piperazine rings is 2. The number of hydrogen-bond donors (Lipinski definition) is 15. The quantitative estimate of drug-likeness (QED) is 0.0220. The fraction of sp³-hybridized carbons (Fsp3) is 0.827. The van der Waals surface area contributed by atoms with Crippen molar-refractivity contribution in [2.24, 2.45) is 17.6 Å². The minimum absolute atomic E-state index is 0. The van der Waals surface area contributed by atoms with Gasteiger partial charge in [0, 0.05) is 13.1 Å². The Morgan fingerprint density at radius 2 is 0.883 bits per heavy atom. The van der Waals surface area contributed by atoms with Crippen LogP contribution in [0.3, 0.4) is 0 Å². The third kappa shape index (κ3) is 21.4. The van der Waals surface area contributed by atoms with Gasteiger partial charge < -0.3 is 134 Å². The van der Waals surface area contributed by atoms with E-state index in [4.69, 9.17) is 57.8 Å². The van der Waals surface area contributed by atoms with Gasteiger partial charge >= 0.3 is 54.0 Å². The Bertz CT molecular complexity index is 2440. The zero-order valence-corrected chi connectivity index (χ0v) is 51.2. The summed E-state index contributed by atoms with van der Waals surface area (Å²) in [6.45, 7) is 6.39. The summed E-state index contributed by atoms with van der Waals surface area (Å²) in [4.78, 5) is 110. The summed E-state index contributed by atoms with van der Waals surface area (Å²) in [5.41, 5.74) is 3.48. The summed E-state index contributed by atoms with van der Waals surface area (Å²) >= 11 is 0. The maximum absolute atomic E-state index is 12.4. The van der Waals surface area contributed by atoms with E-state index < -0.39 is 222 Å². The number of imide groups is 5. The third-order valence-corrected chi connectivity index (χ3v) is 14.7. The van der Waals surface area contributed by atoms with Crippen LogP contribution in [-0.4, -0.2) is 400 Å². The van der Waals surface area contributed by atoms with Crippen LogP contribution in [0.2, 0.25) is 0 Å². The van der Waals surface area contributed by atoms with Crippen molar-refractivity contribution in [3.8, 4) is 0 Å². The normalized spacial score (nSPS) is 34.8. The van der Waals surface area contributed by atoms with Crippen molar-refractivity contribution in [1.82, 2.24) is 24.5 Å². The van der Waals surface area contributed by atoms with Crippen molar-refractivity contribution in [2.45, 2.75) is 170 Å². The second-order valence-corrected chi connectivity index (χ2v) is 23.3. The van der Waals surface area contributed by atoms with E-state index in [-0.39, 0.29) is 98.8 Å². The first-order valence-corrected chi connectivity index (χ1v) is 29.0. The first-order chi connectivity index (χ1) is 43.6. The number of carbonyl (C=O) groups is 9. The topological polar surface area (TPSA) is 590 Å². The molecule has 0 aliphatic carbocycles. The van der Waals surface area contributed by atoms with Crippen LogP contribution >= 0.6 is 0 Å². The molecule has 7 aliphatic rings. The van der Waals surface area contributed by atoms with Gasteiger partial charge in [-0.15, -0.1) is 0 Å². The van der Waals surface area contributed by atoms with Gasteiger partial charge in [-0.1, -0.05) is 27.7 Å². The second kappa shape index (κ2) is 36.8. The molecule has 42 heteroatoms. The van der Waals surface area contributed by atoms with Crippen molar-refractivity contribution >= 4 is 83.5 Å². The number of primary amides is 1. The van der Waals surface area contributed by atoms with Crippen LogP contribution in [0.5, 0.6) is 0 Å². The van der Waals surface area contributed by atoms with E-state index in [1.54, 1.807) is 9.80 Å². The average molecular weight is 1380 g/mol. The fourth-order valence-corrected chi connectivity index (χ4v) is 9.45. The van der Waals surface area contributed by atoms with Gasteiger partial charge in [-0.2, -0.15) is 4.90 Å². The summed E-state index contributed by atoms with van der Waals surface area (Å²) < 4.78 is 61.6. The maximum atomic E-state index is 12.4. The van der Waals surface area contributed by atoms with Crippen LogP contribution < -0.4 is 5.73 Å². The molecule has 94 heavy (non-hydrogen) atoms. The first kappa shape index (κ1) is 81.7. The van der Waals surface area contributed by atoms with Gasteiger partial charge in [0.1, 0.15) is 97.7 Å². The van der Waals surface area contributed by atoms with E-state index in [0.29, 0.717) is 0 Å². The molecule has 0 radical (unpaired) electrons. The molecule has 0 unspecified atom stereocenters. The second-order valence-electron chi connectivity index (χ2n) is 23.3. The number of nitrogens with two attached hydrogens (primary N) is 1. The van der Waals surface area contributed by atoms with Crippen LogP contribution in [0.25, 0.3) is 0 Å². The van der Waals surface area contributed by atoms with Crippen LogP contribution in [0.4, 0.5) is 19.2 Å². The van der Waals surface area contributed by atoms with Gasteiger partial charge in [0.2, 0.25) is 23.6 Å². The molecule has 0 aromatic heterocycles. The van der Waals surface area contributed by atoms with Crippen molar-refractivity contribution in [2.75, 3.05) is 92.4 Å². The van der Waals surface area contributed by atoms with E-state index in [0.717, 1.165) is 9.80 Å². The predicted molar refractivity (Wildman–Crippen MR) is 299 cm³/mol. The van der Waals surface area contributed by atoms with E-state index in [9.17, 15) is 115 Å². The molecular weight excluding hydrogens is 1290 g/mol. The minimum atomic E-state index is -2.07. The number of carbonyl (C=O) groups excluding carboxylic acids is 9. The molecule has 0 bridgehead atoms. The summed E-state index contributed by atoms with van der Waals surface area (Å²) in [5, 5.41) is 143. The molecule has 0 saturated carbocycles. The van der Waals surface area contributed by atoms with E-state index in [2.05, 4.69) is 4.74 Å². The molecule has 8 amide bonds. The van der Waals surface area contributed by atoms with Crippen LogP contribution in [0.15, 0.2) is 0 Å². The Labute approximate surface area is 557 Å². The number of amides is 8. The van der Waals surface area contributed by atoms with Crippen molar-refractivity contribution in [3.63, 3.8) is 0 Å². The SMILES string of the molecule is CC(C)COC(=O)OCN1C(=O)CN(CCN2CC(=O)N(COC(=O)OCC(C)C)C(=O)C2)CC1=O.CC1(C)OC(=O)N(C(N)=O)C1=O.OC[C@H]1O[C@@H](OC[C@H]2O[C@@H](O[C@@H]3[C@@H](O)[C@H](O)O[C@H](CO)[C@H]3O)[C@H](O)[C@@H](O[C@@H]3O[C@H](CO)[C@@H](O)[C@H](O)[C@H]3O)[C@@H]2O)[C@H](O)[C@@H](O)[C@@H]1O.[NaH]. The molecule has 7 saturated heterocycles. The molecule has 534 valence electrons. The zero-order valence-electron chi connectivity index (χ0n) is 51.2. The molecule has 7 rings (SSSR count). The van der Waals surface area contributed by atoms with Gasteiger partial charge in [0.15, 0.2) is 44.2 Å². The third-order valence-electron chi connectivity index (χ3n) is 14.7. The molecule has 7 fully saturated rings. The van der Waals surface area contributed by atoms with Crippen molar-refractivity contribution in [3.05, 3.63) is 0 Å². The van der Waals surface area contributed by atoms with Gasteiger partial charge in [0.05, 0.1) is 65.8 Å². The molecule has 7 aliphatic heterocycles. The average Bonchev–Trinajstić information content (AvgIpc) is 0.970. The fourth-order valence-electron chi connectivity index (χ4n) is 9.45. The van der Waals surface area contributed by atoms with Gasteiger partial charge in [-0.3, -0.25) is 33.8 Å². The molecule has 0 aromatic rings. The molecule has 20 atom stereocenters. The number of ether oxygens (including phenoxy) is 12. The zero-order chi connectivity index (χ0) is 69.7. The van der Waals surface area contributed by atoms with Gasteiger partial charge in [-0.05, 0) is 25.7 Å². The number of aliphatic hydroxyl groups is 14. The Hall–Kier alpha value is -4.69. The standard InChI is InChI=1S/C24H42O21.C22H34N4O10.C6H8N2O4.Na.H/c25-1-5-9(28)13(32)15(34)22(41-5)39-4-8-12(31)20(45-23-16(35)14(33)10(29)6(2-26)42-23)18(37)24(43-8)44-19-11(30)7(3-27)40-21(38)17(19)36;1-15(2)11-33-21(31)35-13-25-17(27)7-23(8-18(25)28)5-6-24-9-19(29)26(20(30)10-24)14-36-22(32)34-12-16(3)4;1-6(2)3(9)8(4(7)10)5(11)12-6;;/h5-38H,1-4H2;15-16H,5-14H2,1-4H3;1-2H3,(H2,7,10);;/t5-,6-,7-,8-,9-,10-,11-,12-,13+,14+,15-,16-,17-,18-,19+,20+,21-,22-,23+,24+;;;;/m1..../s1.